The van der Waals surface area contributed by atoms with E-state index in [4.69, 9.17) is 14.2 Å². The largest absolute Gasteiger partial charge is 0.462 e. The fourth-order valence-electron chi connectivity index (χ4n) is 7.15. The van der Waals surface area contributed by atoms with Crippen molar-refractivity contribution < 1.29 is 28.6 Å². The van der Waals surface area contributed by atoms with Gasteiger partial charge < -0.3 is 14.2 Å². The molecule has 0 spiro atoms. The predicted octanol–water partition coefficient (Wildman–Crippen LogP) is 17.6. The average molecular weight is 891 g/mol. The Bertz CT molecular complexity index is 1250. The summed E-state index contributed by atoms with van der Waals surface area (Å²) in [5.41, 5.74) is 0. The summed E-state index contributed by atoms with van der Waals surface area (Å²) in [5.74, 6) is -0.962. The van der Waals surface area contributed by atoms with Crippen LogP contribution in [0.15, 0.2) is 85.1 Å². The second-order valence-electron chi connectivity index (χ2n) is 17.4. The Kier molecular flexibility index (Phi) is 49.4. The highest BCUT2D eigenvalue weighted by Crippen LogP contribution is 2.14. The second-order valence-corrected chi connectivity index (χ2v) is 17.4. The van der Waals surface area contributed by atoms with Crippen molar-refractivity contribution >= 4 is 17.9 Å². The van der Waals surface area contributed by atoms with Gasteiger partial charge in [0.15, 0.2) is 6.10 Å². The number of hydrogen-bond acceptors (Lipinski definition) is 6. The van der Waals surface area contributed by atoms with E-state index < -0.39 is 6.10 Å². The SMILES string of the molecule is CC/C=C\C/C=C\C/C=C\CCCCCCCCCCCC(=O)OCC(COC(=O)CCCCCCCCCCCC)OC(=O)CCC/C=C\C/C=C\C/C=C\C/C=C\CCCCC. The molecule has 366 valence electrons. The van der Waals surface area contributed by atoms with E-state index in [0.717, 1.165) is 83.5 Å². The first-order valence-corrected chi connectivity index (χ1v) is 26.6. The van der Waals surface area contributed by atoms with E-state index in [9.17, 15) is 14.4 Å². The normalized spacial score (nSPS) is 12.7. The predicted molar refractivity (Wildman–Crippen MR) is 274 cm³/mol. The third kappa shape index (κ3) is 49.6. The Balaban J connectivity index is 4.42. The maximum Gasteiger partial charge on any atom is 0.306 e. The molecule has 6 heteroatoms. The molecule has 0 aliphatic heterocycles. The van der Waals surface area contributed by atoms with Crippen LogP contribution < -0.4 is 0 Å². The van der Waals surface area contributed by atoms with E-state index in [2.05, 4.69) is 106 Å². The monoisotopic (exact) mass is 891 g/mol. The van der Waals surface area contributed by atoms with Gasteiger partial charge in [-0.15, -0.1) is 0 Å². The Labute approximate surface area is 395 Å². The number of carbonyl (C=O) groups is 3. The topological polar surface area (TPSA) is 78.9 Å². The molecule has 0 aromatic rings. The lowest BCUT2D eigenvalue weighted by Crippen LogP contribution is -2.30. The molecule has 6 nitrogen and oxygen atoms in total. The summed E-state index contributed by atoms with van der Waals surface area (Å²) < 4.78 is 16.7. The number of carbonyl (C=O) groups excluding carboxylic acids is 3. The first-order chi connectivity index (χ1) is 31.5. The zero-order valence-corrected chi connectivity index (χ0v) is 41.8. The fourth-order valence-corrected chi connectivity index (χ4v) is 7.15. The molecule has 0 aromatic heterocycles. The minimum absolute atomic E-state index is 0.0987. The zero-order chi connectivity index (χ0) is 46.5. The van der Waals surface area contributed by atoms with Gasteiger partial charge in [-0.3, -0.25) is 14.4 Å². The Morgan fingerprint density at radius 3 is 1.03 bits per heavy atom. The number of esters is 3. The van der Waals surface area contributed by atoms with Crippen molar-refractivity contribution in [2.45, 2.75) is 252 Å². The summed E-state index contributed by atoms with van der Waals surface area (Å²) >= 11 is 0. The van der Waals surface area contributed by atoms with E-state index in [1.165, 1.54) is 116 Å². The second kappa shape index (κ2) is 52.2. The van der Waals surface area contributed by atoms with Gasteiger partial charge in [-0.1, -0.05) is 221 Å². The lowest BCUT2D eigenvalue weighted by molar-refractivity contribution is -0.167. The highest BCUT2D eigenvalue weighted by Gasteiger charge is 2.19. The molecule has 0 aliphatic carbocycles. The van der Waals surface area contributed by atoms with Crippen LogP contribution in [0.25, 0.3) is 0 Å². The molecule has 0 aromatic carbocycles. The summed E-state index contributed by atoms with van der Waals surface area (Å²) in [6, 6.07) is 0. The molecular formula is C58H98O6. The molecule has 0 aliphatic rings. The zero-order valence-electron chi connectivity index (χ0n) is 41.8. The van der Waals surface area contributed by atoms with E-state index >= 15 is 0 Å². The number of ether oxygens (including phenoxy) is 3. The van der Waals surface area contributed by atoms with Crippen LogP contribution in [0.1, 0.15) is 245 Å². The molecular weight excluding hydrogens is 793 g/mol. The minimum atomic E-state index is -0.805. The molecule has 1 atom stereocenters. The smallest absolute Gasteiger partial charge is 0.306 e. The fraction of sp³-hybridized carbons (Fsp3) is 0.707. The van der Waals surface area contributed by atoms with Crippen molar-refractivity contribution in [3.63, 3.8) is 0 Å². The number of allylic oxidation sites excluding steroid dienone is 14. The van der Waals surface area contributed by atoms with Crippen LogP contribution in [-0.2, 0) is 28.6 Å². The lowest BCUT2D eigenvalue weighted by Gasteiger charge is -2.18. The number of unbranched alkanes of at least 4 members (excludes halogenated alkanes) is 22. The molecule has 0 amide bonds. The van der Waals surface area contributed by atoms with E-state index in [1.807, 2.05) is 0 Å². The van der Waals surface area contributed by atoms with Gasteiger partial charge in [0, 0.05) is 19.3 Å². The average Bonchev–Trinajstić information content (AvgIpc) is 3.29. The summed E-state index contributed by atoms with van der Waals surface area (Å²) in [7, 11) is 0. The third-order valence-electron chi connectivity index (χ3n) is 11.1. The number of rotatable bonds is 47. The van der Waals surface area contributed by atoms with Gasteiger partial charge in [0.05, 0.1) is 0 Å². The molecule has 0 saturated heterocycles. The Morgan fingerprint density at radius 2 is 0.625 bits per heavy atom. The minimum Gasteiger partial charge on any atom is -0.462 e. The van der Waals surface area contributed by atoms with Crippen LogP contribution in [0, 0.1) is 0 Å². The summed E-state index contributed by atoms with van der Waals surface area (Å²) in [6.45, 7) is 6.44. The molecule has 0 N–H and O–H groups in total. The van der Waals surface area contributed by atoms with E-state index in [1.54, 1.807) is 0 Å². The molecule has 0 bridgehead atoms. The van der Waals surface area contributed by atoms with Crippen molar-refractivity contribution in [3.05, 3.63) is 85.1 Å². The van der Waals surface area contributed by atoms with Crippen molar-refractivity contribution in [1.82, 2.24) is 0 Å². The van der Waals surface area contributed by atoms with Gasteiger partial charge in [0.1, 0.15) is 13.2 Å². The molecule has 64 heavy (non-hydrogen) atoms. The van der Waals surface area contributed by atoms with E-state index in [-0.39, 0.29) is 37.5 Å². The summed E-state index contributed by atoms with van der Waals surface area (Å²) in [4.78, 5) is 38.0. The lowest BCUT2D eigenvalue weighted by atomic mass is 10.1. The van der Waals surface area contributed by atoms with Gasteiger partial charge >= 0.3 is 17.9 Å². The van der Waals surface area contributed by atoms with Crippen LogP contribution in [0.2, 0.25) is 0 Å². The van der Waals surface area contributed by atoms with E-state index in [0.29, 0.717) is 19.3 Å². The highest BCUT2D eigenvalue weighted by molar-refractivity contribution is 5.71. The molecule has 0 radical (unpaired) electrons. The van der Waals surface area contributed by atoms with Crippen molar-refractivity contribution in [2.24, 2.45) is 0 Å². The van der Waals surface area contributed by atoms with Gasteiger partial charge in [0.2, 0.25) is 0 Å². The van der Waals surface area contributed by atoms with Gasteiger partial charge in [-0.2, -0.15) is 0 Å². The quantitative estimate of drug-likeness (QED) is 0.0262. The maximum absolute atomic E-state index is 12.8. The highest BCUT2D eigenvalue weighted by atomic mass is 16.6. The Morgan fingerprint density at radius 1 is 0.328 bits per heavy atom. The molecule has 0 saturated carbocycles. The van der Waals surface area contributed by atoms with Crippen LogP contribution in [0.5, 0.6) is 0 Å². The first-order valence-electron chi connectivity index (χ1n) is 26.6. The summed E-state index contributed by atoms with van der Waals surface area (Å²) in [5, 5.41) is 0. The third-order valence-corrected chi connectivity index (χ3v) is 11.1. The first kappa shape index (κ1) is 60.6. The summed E-state index contributed by atoms with van der Waals surface area (Å²) in [6.07, 6.45) is 67.2. The van der Waals surface area contributed by atoms with Crippen molar-refractivity contribution in [1.29, 1.82) is 0 Å². The molecule has 1 unspecified atom stereocenters. The van der Waals surface area contributed by atoms with Crippen molar-refractivity contribution in [2.75, 3.05) is 13.2 Å². The van der Waals surface area contributed by atoms with Gasteiger partial charge in [-0.25, -0.2) is 0 Å². The van der Waals surface area contributed by atoms with Crippen LogP contribution in [0.4, 0.5) is 0 Å². The standard InChI is InChI=1S/C58H98O6/c1-4-7-10-13-16-19-22-24-26-28-29-31-32-34-36-39-42-45-48-51-57(60)63-54-55(53-62-56(59)50-47-44-41-38-21-18-15-12-9-6-3)64-58(61)52-49-46-43-40-37-35-33-30-27-25-23-20-17-14-11-8-5-2/h7,10,16-17,19-20,24-27,33,35,40,43,55H,4-6,8-9,11-15,18,21-23,28-32,34,36-39,41-42,44-54H2,1-3H3/b10-7-,19-16-,20-17-,26-24-,27-25-,35-33-,43-40-. The van der Waals surface area contributed by atoms with Crippen molar-refractivity contribution in [3.8, 4) is 0 Å². The van der Waals surface area contributed by atoms with Crippen LogP contribution in [0.3, 0.4) is 0 Å². The van der Waals surface area contributed by atoms with Crippen LogP contribution in [-0.4, -0.2) is 37.2 Å². The Hall–Kier alpha value is -3.41. The maximum atomic E-state index is 12.8. The van der Waals surface area contributed by atoms with Crippen LogP contribution >= 0.6 is 0 Å². The van der Waals surface area contributed by atoms with Gasteiger partial charge in [0.25, 0.3) is 0 Å². The molecule has 0 fully saturated rings. The number of hydrogen-bond donors (Lipinski definition) is 0. The molecule has 0 rings (SSSR count). The molecule has 0 heterocycles. The van der Waals surface area contributed by atoms with Gasteiger partial charge in [-0.05, 0) is 89.9 Å².